The minimum atomic E-state index is -0.558. The van der Waals surface area contributed by atoms with Crippen LogP contribution in [0.25, 0.3) is 0 Å². The van der Waals surface area contributed by atoms with Gasteiger partial charge >= 0.3 is 0 Å². The van der Waals surface area contributed by atoms with Gasteiger partial charge in [0.15, 0.2) is 11.6 Å². The number of halogens is 1. The van der Waals surface area contributed by atoms with E-state index in [9.17, 15) is 9.18 Å². The first-order valence-corrected chi connectivity index (χ1v) is 6.82. The second kappa shape index (κ2) is 7.56. The summed E-state index contributed by atoms with van der Waals surface area (Å²) in [7, 11) is 3.01. The van der Waals surface area contributed by atoms with E-state index in [1.54, 1.807) is 7.11 Å². The van der Waals surface area contributed by atoms with Crippen molar-refractivity contribution in [3.63, 3.8) is 0 Å². The number of methoxy groups -OCH3 is 2. The molecule has 2 aromatic rings. The molecule has 2 aromatic carbocycles. The first kappa shape index (κ1) is 16.0. The Morgan fingerprint density at radius 3 is 2.59 bits per heavy atom. The first-order valence-electron chi connectivity index (χ1n) is 6.82. The molecule has 0 aliphatic carbocycles. The maximum Gasteiger partial charge on any atom is 0.251 e. The lowest BCUT2D eigenvalue weighted by atomic mass is 10.1. The predicted molar refractivity (Wildman–Crippen MR) is 81.3 cm³/mol. The summed E-state index contributed by atoms with van der Waals surface area (Å²) in [5, 5.41) is 2.76. The topological polar surface area (TPSA) is 47.6 Å². The average Bonchev–Trinajstić information content (AvgIpc) is 2.53. The molecule has 0 heterocycles. The summed E-state index contributed by atoms with van der Waals surface area (Å²) in [6, 6.07) is 11.8. The number of benzene rings is 2. The van der Waals surface area contributed by atoms with Gasteiger partial charge in [0.05, 0.1) is 13.7 Å². The summed E-state index contributed by atoms with van der Waals surface area (Å²) in [5.74, 6) is -0.778. The van der Waals surface area contributed by atoms with Gasteiger partial charge in [-0.2, -0.15) is 0 Å². The van der Waals surface area contributed by atoms with Crippen LogP contribution < -0.4 is 10.1 Å². The van der Waals surface area contributed by atoms with Crippen molar-refractivity contribution in [2.75, 3.05) is 14.2 Å². The Labute approximate surface area is 128 Å². The van der Waals surface area contributed by atoms with Gasteiger partial charge in [-0.05, 0) is 29.3 Å². The number of carbonyl (C=O) groups is 1. The Bertz CT molecular complexity index is 658. The zero-order valence-corrected chi connectivity index (χ0v) is 12.6. The van der Waals surface area contributed by atoms with Crippen LogP contribution in [0.2, 0.25) is 0 Å². The number of hydrogen-bond donors (Lipinski definition) is 1. The lowest BCUT2D eigenvalue weighted by Crippen LogP contribution is -2.23. The number of rotatable bonds is 6. The molecule has 22 heavy (non-hydrogen) atoms. The number of hydrogen-bond acceptors (Lipinski definition) is 3. The van der Waals surface area contributed by atoms with Crippen molar-refractivity contribution in [2.45, 2.75) is 13.2 Å². The van der Waals surface area contributed by atoms with Gasteiger partial charge in [0.1, 0.15) is 0 Å². The Morgan fingerprint density at radius 2 is 1.91 bits per heavy atom. The number of carbonyl (C=O) groups excluding carboxylic acids is 1. The number of ether oxygens (including phenoxy) is 2. The van der Waals surface area contributed by atoms with Crippen LogP contribution in [-0.4, -0.2) is 20.1 Å². The SMILES string of the molecule is COCc1cccc(CNC(=O)c2ccc(OC)c(F)c2)c1. The highest BCUT2D eigenvalue weighted by Gasteiger charge is 2.10. The highest BCUT2D eigenvalue weighted by molar-refractivity contribution is 5.94. The molecule has 0 fully saturated rings. The van der Waals surface area contributed by atoms with Crippen molar-refractivity contribution >= 4 is 5.91 Å². The van der Waals surface area contributed by atoms with Crippen molar-refractivity contribution in [1.82, 2.24) is 5.32 Å². The van der Waals surface area contributed by atoms with Crippen LogP contribution in [0.15, 0.2) is 42.5 Å². The largest absolute Gasteiger partial charge is 0.494 e. The van der Waals surface area contributed by atoms with Crippen LogP contribution in [0.4, 0.5) is 4.39 Å². The van der Waals surface area contributed by atoms with Crippen LogP contribution in [-0.2, 0) is 17.9 Å². The third kappa shape index (κ3) is 4.05. The van der Waals surface area contributed by atoms with E-state index in [-0.39, 0.29) is 17.2 Å². The third-order valence-corrected chi connectivity index (χ3v) is 3.17. The summed E-state index contributed by atoms with van der Waals surface area (Å²) < 4.78 is 23.5. The minimum absolute atomic E-state index is 0.115. The summed E-state index contributed by atoms with van der Waals surface area (Å²) >= 11 is 0. The highest BCUT2D eigenvalue weighted by atomic mass is 19.1. The smallest absolute Gasteiger partial charge is 0.251 e. The van der Waals surface area contributed by atoms with Crippen molar-refractivity contribution < 1.29 is 18.7 Å². The van der Waals surface area contributed by atoms with Crippen LogP contribution in [0.1, 0.15) is 21.5 Å². The van der Waals surface area contributed by atoms with Crippen LogP contribution in [0, 0.1) is 5.82 Å². The molecular weight excluding hydrogens is 285 g/mol. The molecule has 0 saturated heterocycles. The number of nitrogens with one attached hydrogen (secondary N) is 1. The van der Waals surface area contributed by atoms with Gasteiger partial charge in [-0.15, -0.1) is 0 Å². The molecule has 0 aliphatic heterocycles. The molecule has 116 valence electrons. The van der Waals surface area contributed by atoms with Gasteiger partial charge in [0.2, 0.25) is 0 Å². The van der Waals surface area contributed by atoms with E-state index in [0.29, 0.717) is 13.2 Å². The van der Waals surface area contributed by atoms with Crippen LogP contribution in [0.5, 0.6) is 5.75 Å². The molecule has 1 N–H and O–H groups in total. The van der Waals surface area contributed by atoms with Gasteiger partial charge in [0.25, 0.3) is 5.91 Å². The molecule has 0 saturated carbocycles. The molecule has 0 aliphatic rings. The molecule has 4 nitrogen and oxygen atoms in total. The van der Waals surface area contributed by atoms with Gasteiger partial charge < -0.3 is 14.8 Å². The van der Waals surface area contributed by atoms with E-state index in [1.165, 1.54) is 19.2 Å². The quantitative estimate of drug-likeness (QED) is 0.892. The first-order chi connectivity index (χ1) is 10.6. The van der Waals surface area contributed by atoms with E-state index in [2.05, 4.69) is 5.32 Å². The Morgan fingerprint density at radius 1 is 1.14 bits per heavy atom. The van der Waals surface area contributed by atoms with Gasteiger partial charge in [-0.25, -0.2) is 4.39 Å². The van der Waals surface area contributed by atoms with Gasteiger partial charge in [-0.1, -0.05) is 24.3 Å². The lowest BCUT2D eigenvalue weighted by molar-refractivity contribution is 0.0950. The summed E-state index contributed by atoms with van der Waals surface area (Å²) in [6.45, 7) is 0.884. The van der Waals surface area contributed by atoms with Gasteiger partial charge in [0, 0.05) is 19.2 Å². The van der Waals surface area contributed by atoms with Crippen LogP contribution in [0.3, 0.4) is 0 Å². The maximum atomic E-state index is 13.6. The highest BCUT2D eigenvalue weighted by Crippen LogP contribution is 2.17. The zero-order valence-electron chi connectivity index (χ0n) is 12.6. The second-order valence-corrected chi connectivity index (χ2v) is 4.78. The Balaban J connectivity index is 2.00. The molecule has 0 aromatic heterocycles. The fourth-order valence-electron chi connectivity index (χ4n) is 2.09. The predicted octanol–water partition coefficient (Wildman–Crippen LogP) is 2.91. The Kier molecular flexibility index (Phi) is 5.49. The molecule has 0 spiro atoms. The fraction of sp³-hybridized carbons (Fsp3) is 0.235. The average molecular weight is 303 g/mol. The van der Waals surface area contributed by atoms with E-state index >= 15 is 0 Å². The van der Waals surface area contributed by atoms with E-state index in [1.807, 2.05) is 24.3 Å². The van der Waals surface area contributed by atoms with E-state index in [0.717, 1.165) is 17.2 Å². The molecule has 0 radical (unpaired) electrons. The molecule has 1 amide bonds. The third-order valence-electron chi connectivity index (χ3n) is 3.17. The number of amides is 1. The second-order valence-electron chi connectivity index (χ2n) is 4.78. The van der Waals surface area contributed by atoms with Crippen molar-refractivity contribution in [1.29, 1.82) is 0 Å². The van der Waals surface area contributed by atoms with Gasteiger partial charge in [-0.3, -0.25) is 4.79 Å². The molecule has 0 atom stereocenters. The monoisotopic (exact) mass is 303 g/mol. The normalized spacial score (nSPS) is 10.3. The van der Waals surface area contributed by atoms with Crippen molar-refractivity contribution in [3.8, 4) is 5.75 Å². The standard InChI is InChI=1S/C17H18FNO3/c1-21-11-13-5-3-4-12(8-13)10-19-17(20)14-6-7-16(22-2)15(18)9-14/h3-9H,10-11H2,1-2H3,(H,19,20). The molecule has 0 bridgehead atoms. The fourth-order valence-corrected chi connectivity index (χ4v) is 2.09. The zero-order chi connectivity index (χ0) is 15.9. The van der Waals surface area contributed by atoms with E-state index in [4.69, 9.17) is 9.47 Å². The molecular formula is C17H18FNO3. The van der Waals surface area contributed by atoms with Crippen LogP contribution >= 0.6 is 0 Å². The Hall–Kier alpha value is -2.40. The minimum Gasteiger partial charge on any atom is -0.494 e. The summed E-state index contributed by atoms with van der Waals surface area (Å²) in [6.07, 6.45) is 0. The molecule has 0 unspecified atom stereocenters. The summed E-state index contributed by atoms with van der Waals surface area (Å²) in [5.41, 5.74) is 2.24. The van der Waals surface area contributed by atoms with Crippen molar-refractivity contribution in [3.05, 3.63) is 65.0 Å². The van der Waals surface area contributed by atoms with Crippen molar-refractivity contribution in [2.24, 2.45) is 0 Å². The molecule has 2 rings (SSSR count). The van der Waals surface area contributed by atoms with E-state index < -0.39 is 5.82 Å². The maximum absolute atomic E-state index is 13.6. The molecule has 5 heteroatoms. The lowest BCUT2D eigenvalue weighted by Gasteiger charge is -2.08. The summed E-state index contributed by atoms with van der Waals surface area (Å²) in [4.78, 5) is 12.0.